The zero-order valence-corrected chi connectivity index (χ0v) is 8.20. The molecule has 1 aromatic carbocycles. The highest BCUT2D eigenvalue weighted by Gasteiger charge is 2.26. The van der Waals surface area contributed by atoms with Gasteiger partial charge in [-0.15, -0.1) is 0 Å². The highest BCUT2D eigenvalue weighted by atomic mass is 79.9. The number of ether oxygens (including phenoxy) is 1. The number of nitro benzene ring substituents is 1. The Bertz CT molecular complexity index is 336. The maximum absolute atomic E-state index is 12.2. The lowest BCUT2D eigenvalue weighted by molar-refractivity contribution is -0.384. The van der Waals surface area contributed by atoms with E-state index in [0.29, 0.717) is 0 Å². The summed E-state index contributed by atoms with van der Waals surface area (Å²) in [7, 11) is 0. The Balaban J connectivity index is 2.79. The summed E-state index contributed by atoms with van der Waals surface area (Å²) in [5.74, 6) is -0.155. The van der Waals surface area contributed by atoms with Crippen LogP contribution in [0.4, 0.5) is 14.5 Å². The summed E-state index contributed by atoms with van der Waals surface area (Å²) in [6.07, 6.45) is 0. The number of nitrogens with zero attached hydrogens (tertiary/aromatic N) is 1. The van der Waals surface area contributed by atoms with Crippen LogP contribution in [-0.2, 0) is 0 Å². The average Bonchev–Trinajstić information content (AvgIpc) is 2.02. The third-order valence-corrected chi connectivity index (χ3v) is 1.44. The third-order valence-electron chi connectivity index (χ3n) is 1.28. The Morgan fingerprint density at radius 1 is 1.36 bits per heavy atom. The van der Waals surface area contributed by atoms with E-state index >= 15 is 0 Å². The van der Waals surface area contributed by atoms with Gasteiger partial charge in [-0.2, -0.15) is 8.78 Å². The Morgan fingerprint density at radius 3 is 2.21 bits per heavy atom. The lowest BCUT2D eigenvalue weighted by Gasteiger charge is -2.09. The summed E-state index contributed by atoms with van der Waals surface area (Å²) >= 11 is 1.97. The molecule has 0 aliphatic rings. The van der Waals surface area contributed by atoms with Gasteiger partial charge in [-0.25, -0.2) is 0 Å². The first-order valence-electron chi connectivity index (χ1n) is 3.39. The molecule has 0 aliphatic carbocycles. The van der Waals surface area contributed by atoms with Crippen LogP contribution in [0.25, 0.3) is 0 Å². The van der Waals surface area contributed by atoms with Gasteiger partial charge in [0.15, 0.2) is 0 Å². The minimum atomic E-state index is -3.47. The molecule has 0 aliphatic heterocycles. The molecule has 0 fully saturated rings. The Morgan fingerprint density at radius 2 is 1.86 bits per heavy atom. The van der Waals surface area contributed by atoms with Crippen LogP contribution in [0.1, 0.15) is 0 Å². The molecular formula is C7H4BrF2NO3. The number of benzene rings is 1. The van der Waals surface area contributed by atoms with Gasteiger partial charge < -0.3 is 4.74 Å². The summed E-state index contributed by atoms with van der Waals surface area (Å²) in [4.78, 5) is 9.58. The second-order valence-electron chi connectivity index (χ2n) is 2.30. The van der Waals surface area contributed by atoms with Crippen molar-refractivity contribution in [2.45, 2.75) is 5.02 Å². The molecule has 1 aromatic rings. The van der Waals surface area contributed by atoms with Gasteiger partial charge in [0.1, 0.15) is 5.75 Å². The van der Waals surface area contributed by atoms with Crippen LogP contribution >= 0.6 is 15.9 Å². The normalized spacial score (nSPS) is 11.1. The van der Waals surface area contributed by atoms with Crippen LogP contribution in [0, 0.1) is 10.1 Å². The van der Waals surface area contributed by atoms with E-state index in [4.69, 9.17) is 0 Å². The van der Waals surface area contributed by atoms with Gasteiger partial charge in [-0.05, 0) is 12.1 Å². The molecule has 4 nitrogen and oxygen atoms in total. The summed E-state index contributed by atoms with van der Waals surface area (Å²) in [6.45, 7) is 0. The van der Waals surface area contributed by atoms with Crippen LogP contribution in [-0.4, -0.2) is 9.94 Å². The van der Waals surface area contributed by atoms with Crippen molar-refractivity contribution in [2.24, 2.45) is 0 Å². The Labute approximate surface area is 85.8 Å². The first kappa shape index (κ1) is 10.8. The minimum absolute atomic E-state index is 0.155. The van der Waals surface area contributed by atoms with Crippen LogP contribution in [0.15, 0.2) is 24.3 Å². The average molecular weight is 268 g/mol. The van der Waals surface area contributed by atoms with Crippen molar-refractivity contribution >= 4 is 21.6 Å². The van der Waals surface area contributed by atoms with Crippen LogP contribution in [0.5, 0.6) is 5.75 Å². The van der Waals surface area contributed by atoms with Crippen molar-refractivity contribution in [3.05, 3.63) is 34.4 Å². The largest absolute Gasteiger partial charge is 0.459 e. The molecule has 0 amide bonds. The first-order valence-corrected chi connectivity index (χ1v) is 4.18. The van der Waals surface area contributed by atoms with Crippen molar-refractivity contribution in [1.29, 1.82) is 0 Å². The molecule has 0 radical (unpaired) electrons. The van der Waals surface area contributed by atoms with Crippen molar-refractivity contribution in [1.82, 2.24) is 0 Å². The van der Waals surface area contributed by atoms with E-state index in [9.17, 15) is 18.9 Å². The van der Waals surface area contributed by atoms with Crippen molar-refractivity contribution < 1.29 is 18.4 Å². The zero-order chi connectivity index (χ0) is 10.8. The Hall–Kier alpha value is -1.24. The number of non-ortho nitro benzene ring substituents is 1. The molecule has 76 valence electrons. The maximum atomic E-state index is 12.2. The highest BCUT2D eigenvalue weighted by molar-refractivity contribution is 9.09. The Kier molecular flexibility index (Phi) is 3.00. The predicted molar refractivity (Wildman–Crippen MR) is 47.6 cm³/mol. The van der Waals surface area contributed by atoms with Crippen molar-refractivity contribution in [3.8, 4) is 5.75 Å². The molecule has 0 N–H and O–H groups in total. The SMILES string of the molecule is O=[N+]([O-])c1ccc(OC(F)(F)Br)cc1. The van der Waals surface area contributed by atoms with Crippen molar-refractivity contribution in [3.63, 3.8) is 0 Å². The molecule has 0 aromatic heterocycles. The highest BCUT2D eigenvalue weighted by Crippen LogP contribution is 2.27. The molecule has 0 heterocycles. The van der Waals surface area contributed by atoms with Gasteiger partial charge in [0.25, 0.3) is 5.69 Å². The molecular weight excluding hydrogens is 264 g/mol. The summed E-state index contributed by atoms with van der Waals surface area (Å²) < 4.78 is 28.6. The van der Waals surface area contributed by atoms with E-state index in [1.807, 2.05) is 15.9 Å². The van der Waals surface area contributed by atoms with E-state index < -0.39 is 9.94 Å². The second kappa shape index (κ2) is 3.87. The number of alkyl halides is 3. The van der Waals surface area contributed by atoms with E-state index in [1.54, 1.807) is 0 Å². The van der Waals surface area contributed by atoms with Gasteiger partial charge >= 0.3 is 5.02 Å². The quantitative estimate of drug-likeness (QED) is 0.481. The fraction of sp³-hybridized carbons (Fsp3) is 0.143. The van der Waals surface area contributed by atoms with E-state index in [0.717, 1.165) is 24.3 Å². The lowest BCUT2D eigenvalue weighted by atomic mass is 10.3. The van der Waals surface area contributed by atoms with Gasteiger partial charge in [0.05, 0.1) is 4.92 Å². The molecule has 0 spiro atoms. The first-order chi connectivity index (χ1) is 6.38. The van der Waals surface area contributed by atoms with E-state index in [2.05, 4.69) is 4.74 Å². The monoisotopic (exact) mass is 267 g/mol. The molecule has 1 rings (SSSR count). The van der Waals surface area contributed by atoms with Crippen LogP contribution < -0.4 is 4.74 Å². The number of rotatable bonds is 3. The van der Waals surface area contributed by atoms with Crippen LogP contribution in [0.3, 0.4) is 0 Å². The molecule has 0 atom stereocenters. The molecule has 0 bridgehead atoms. The molecule has 7 heteroatoms. The van der Waals surface area contributed by atoms with Gasteiger partial charge in [-0.1, -0.05) is 0 Å². The zero-order valence-electron chi connectivity index (χ0n) is 6.62. The number of hydrogen-bond acceptors (Lipinski definition) is 3. The molecule has 0 saturated heterocycles. The maximum Gasteiger partial charge on any atom is 0.459 e. The summed E-state index contributed by atoms with van der Waals surface area (Å²) in [6, 6.07) is 4.34. The predicted octanol–water partition coefficient (Wildman–Crippen LogP) is 2.92. The number of hydrogen-bond donors (Lipinski definition) is 0. The van der Waals surface area contributed by atoms with Gasteiger partial charge in [-0.3, -0.25) is 10.1 Å². The summed E-state index contributed by atoms with van der Waals surface area (Å²) in [5, 5.41) is 6.74. The van der Waals surface area contributed by atoms with E-state index in [1.165, 1.54) is 0 Å². The standard InChI is InChI=1S/C7H4BrF2NO3/c8-7(9,10)14-6-3-1-5(2-4-6)11(12)13/h1-4H. The number of halogens is 3. The van der Waals surface area contributed by atoms with Crippen LogP contribution in [0.2, 0.25) is 0 Å². The third kappa shape index (κ3) is 3.25. The second-order valence-corrected chi connectivity index (χ2v) is 3.22. The lowest BCUT2D eigenvalue weighted by Crippen LogP contribution is -2.14. The van der Waals surface area contributed by atoms with Gasteiger partial charge in [0, 0.05) is 28.1 Å². The van der Waals surface area contributed by atoms with Gasteiger partial charge in [0.2, 0.25) is 0 Å². The fourth-order valence-corrected chi connectivity index (χ4v) is 0.956. The molecule has 0 saturated carbocycles. The minimum Gasteiger partial charge on any atom is -0.424 e. The summed E-state index contributed by atoms with van der Waals surface area (Å²) in [5.41, 5.74) is -0.185. The van der Waals surface area contributed by atoms with Crippen molar-refractivity contribution in [2.75, 3.05) is 0 Å². The number of nitro groups is 1. The fourth-order valence-electron chi connectivity index (χ4n) is 0.770. The van der Waals surface area contributed by atoms with E-state index in [-0.39, 0.29) is 11.4 Å². The smallest absolute Gasteiger partial charge is 0.424 e. The molecule has 14 heavy (non-hydrogen) atoms. The molecule has 0 unspecified atom stereocenters. The topological polar surface area (TPSA) is 52.4 Å².